The highest BCUT2D eigenvalue weighted by Gasteiger charge is 2.54. The summed E-state index contributed by atoms with van der Waals surface area (Å²) in [6.07, 6.45) is 5.33. The van der Waals surface area contributed by atoms with Gasteiger partial charge in [-0.2, -0.15) is 4.57 Å². The van der Waals surface area contributed by atoms with Gasteiger partial charge in [0.05, 0.1) is 5.33 Å². The predicted molar refractivity (Wildman–Crippen MR) is 155 cm³/mol. The first-order chi connectivity index (χ1) is 20.5. The summed E-state index contributed by atoms with van der Waals surface area (Å²) in [4.78, 5) is 64.8. The molecule has 3 aliphatic heterocycles. The Hall–Kier alpha value is -4.24. The van der Waals surface area contributed by atoms with Crippen molar-refractivity contribution in [3.8, 4) is 5.75 Å². The topological polar surface area (TPSA) is 160 Å². The maximum absolute atomic E-state index is 13.5. The van der Waals surface area contributed by atoms with Gasteiger partial charge in [0, 0.05) is 48.3 Å². The number of thioether (sulfide) groups is 1. The van der Waals surface area contributed by atoms with Crippen molar-refractivity contribution in [2.45, 2.75) is 30.9 Å². The van der Waals surface area contributed by atoms with Crippen molar-refractivity contribution >= 4 is 63.0 Å². The Kier molecular flexibility index (Phi) is 8.82. The fraction of sp³-hybridized carbons (Fsp3) is 0.286. The van der Waals surface area contributed by atoms with Gasteiger partial charge in [-0.25, -0.2) is 9.18 Å². The van der Waals surface area contributed by atoms with Gasteiger partial charge in [0.1, 0.15) is 17.1 Å². The lowest BCUT2D eigenvalue weighted by molar-refractivity contribution is -0.684. The number of phenols is 1. The number of aliphatic carboxylic acids is 1. The van der Waals surface area contributed by atoms with Crippen LogP contribution in [0.15, 0.2) is 65.6 Å². The first kappa shape index (κ1) is 30.2. The fourth-order valence-electron chi connectivity index (χ4n) is 5.00. The van der Waals surface area contributed by atoms with Crippen LogP contribution in [-0.4, -0.2) is 78.7 Å². The molecular weight excluding hydrogens is 649 g/mol. The lowest BCUT2D eigenvalue weighted by Crippen LogP contribution is -2.70. The molecule has 2 atom stereocenters. The Labute approximate surface area is 257 Å². The van der Waals surface area contributed by atoms with E-state index in [1.165, 1.54) is 22.7 Å². The van der Waals surface area contributed by atoms with E-state index in [2.05, 4.69) is 26.6 Å². The summed E-state index contributed by atoms with van der Waals surface area (Å²) in [6.45, 7) is 0.693. The van der Waals surface area contributed by atoms with Crippen molar-refractivity contribution in [1.82, 2.24) is 15.1 Å². The van der Waals surface area contributed by atoms with Gasteiger partial charge in [0.15, 0.2) is 24.0 Å². The average molecular weight is 676 g/mol. The highest BCUT2D eigenvalue weighted by molar-refractivity contribution is 9.09. The first-order valence-corrected chi connectivity index (χ1v) is 15.3. The van der Waals surface area contributed by atoms with Crippen molar-refractivity contribution < 1.29 is 43.1 Å². The zero-order chi connectivity index (χ0) is 30.8. The number of fused-ring (bicyclic) bond motifs is 1. The molecule has 15 heteroatoms. The quantitative estimate of drug-likeness (QED) is 0.102. The number of aromatic hydroxyl groups is 1. The van der Waals surface area contributed by atoms with Crippen LogP contribution >= 0.6 is 27.7 Å². The third kappa shape index (κ3) is 6.41. The van der Waals surface area contributed by atoms with E-state index < -0.39 is 40.8 Å². The molecule has 224 valence electrons. The third-order valence-corrected chi connectivity index (χ3v) is 8.90. The van der Waals surface area contributed by atoms with Gasteiger partial charge in [-0.15, -0.1) is 11.8 Å². The Morgan fingerprint density at radius 2 is 1.91 bits per heavy atom. The van der Waals surface area contributed by atoms with Gasteiger partial charge in [-0.1, -0.05) is 15.9 Å². The van der Waals surface area contributed by atoms with Crippen molar-refractivity contribution in [3.63, 3.8) is 0 Å². The molecule has 12 nitrogen and oxygen atoms in total. The number of allylic oxidation sites excluding steroid dienone is 1. The Morgan fingerprint density at radius 1 is 1.16 bits per heavy atom. The molecule has 0 bridgehead atoms. The predicted octanol–water partition coefficient (Wildman–Crippen LogP) is 1.25. The molecule has 0 spiro atoms. The third-order valence-electron chi connectivity index (χ3n) is 7.09. The number of alkyl halides is 1. The van der Waals surface area contributed by atoms with E-state index in [4.69, 9.17) is 0 Å². The molecule has 0 aliphatic carbocycles. The standard InChI is InChI=1S/C28H25BrFN5O7S/c29-11-21(37)32-23-26(40)35-24(28(41)42)17(14-43-27(23)35)9-16-5-8-34(25(16)39)12-15-3-6-33(7-4-15)13-22(38)31-18-1-2-20(36)19(30)10-18/h1-4,6-7,9-10,23,27H,5,8,11-14H2,(H3-,31,32,36,37,38,41,42)/p+1/t23-,27-/m1/s1. The summed E-state index contributed by atoms with van der Waals surface area (Å²) in [5.41, 5.74) is 1.66. The summed E-state index contributed by atoms with van der Waals surface area (Å²) >= 11 is 4.36. The van der Waals surface area contributed by atoms with Crippen LogP contribution in [0, 0.1) is 5.82 Å². The number of likely N-dealkylation sites (tertiary alicyclic amines) is 1. The van der Waals surface area contributed by atoms with Gasteiger partial charge in [0.25, 0.3) is 11.8 Å². The van der Waals surface area contributed by atoms with Crippen LogP contribution < -0.4 is 15.2 Å². The Bertz CT molecular complexity index is 1580. The van der Waals surface area contributed by atoms with Crippen molar-refractivity contribution in [3.05, 3.63) is 77.0 Å². The summed E-state index contributed by atoms with van der Waals surface area (Å²) in [7, 11) is 0. The average Bonchev–Trinajstić information content (AvgIpc) is 3.32. The number of carboxylic acids is 1. The summed E-state index contributed by atoms with van der Waals surface area (Å²) in [5, 5.41) is 23.8. The molecular formula is C28H26BrFN5O7S+. The molecule has 4 amide bonds. The van der Waals surface area contributed by atoms with Crippen LogP contribution in [0.25, 0.3) is 0 Å². The molecule has 1 aromatic heterocycles. The Morgan fingerprint density at radius 3 is 2.58 bits per heavy atom. The lowest BCUT2D eigenvalue weighted by atomic mass is 10.0. The van der Waals surface area contributed by atoms with Crippen LogP contribution in [0.4, 0.5) is 10.1 Å². The minimum Gasteiger partial charge on any atom is -0.505 e. The first-order valence-electron chi connectivity index (χ1n) is 13.1. The van der Waals surface area contributed by atoms with Crippen molar-refractivity contribution in [1.29, 1.82) is 0 Å². The number of β-lactam (4-membered cyclic amide) rings is 1. The number of carboxylic acid groups (broad SMARTS) is 1. The zero-order valence-electron chi connectivity index (χ0n) is 22.5. The number of hydrogen-bond acceptors (Lipinski definition) is 7. The van der Waals surface area contributed by atoms with E-state index in [-0.39, 0.29) is 40.8 Å². The lowest BCUT2D eigenvalue weighted by Gasteiger charge is -2.49. The van der Waals surface area contributed by atoms with E-state index in [1.54, 1.807) is 40.1 Å². The number of phenolic OH excluding ortho intramolecular Hbond substituents is 1. The number of amides is 4. The van der Waals surface area contributed by atoms with Gasteiger partial charge < -0.3 is 25.7 Å². The maximum atomic E-state index is 13.5. The molecule has 0 unspecified atom stereocenters. The molecule has 2 aromatic rings. The molecule has 0 saturated carbocycles. The van der Waals surface area contributed by atoms with Gasteiger partial charge in [-0.3, -0.25) is 24.1 Å². The van der Waals surface area contributed by atoms with E-state index in [1.807, 2.05) is 0 Å². The largest absolute Gasteiger partial charge is 0.505 e. The number of hydrogen-bond donors (Lipinski definition) is 4. The fourth-order valence-corrected chi connectivity index (χ4v) is 6.47. The SMILES string of the molecule is O=C(C[n+]1ccc(CN2CCC(=CC3=C(C(=O)O)N4C(=O)[C@@H](NC(=O)CBr)[C@H]4SC3)C2=O)cc1)Nc1ccc(O)c(F)c1. The number of benzene rings is 1. The molecule has 1 aromatic carbocycles. The van der Waals surface area contributed by atoms with Crippen LogP contribution in [-0.2, 0) is 37.1 Å². The molecule has 5 rings (SSSR count). The molecule has 2 fully saturated rings. The highest BCUT2D eigenvalue weighted by atomic mass is 79.9. The summed E-state index contributed by atoms with van der Waals surface area (Å²) < 4.78 is 15.1. The van der Waals surface area contributed by atoms with E-state index >= 15 is 0 Å². The van der Waals surface area contributed by atoms with Crippen LogP contribution in [0.2, 0.25) is 0 Å². The van der Waals surface area contributed by atoms with Crippen LogP contribution in [0.5, 0.6) is 5.75 Å². The van der Waals surface area contributed by atoms with Gasteiger partial charge in [0.2, 0.25) is 18.4 Å². The maximum Gasteiger partial charge on any atom is 0.352 e. The summed E-state index contributed by atoms with van der Waals surface area (Å²) in [5.74, 6) is -3.87. The monoisotopic (exact) mass is 674 g/mol. The molecule has 4 heterocycles. The number of pyridine rings is 1. The second kappa shape index (κ2) is 12.6. The molecule has 4 N–H and O–H groups in total. The number of halogens is 2. The van der Waals surface area contributed by atoms with Crippen molar-refractivity contribution in [2.24, 2.45) is 0 Å². The minimum atomic E-state index is -1.28. The number of nitrogens with zero attached hydrogens (tertiary/aromatic N) is 3. The number of carbonyl (C=O) groups is 5. The molecule has 43 heavy (non-hydrogen) atoms. The number of aromatic nitrogens is 1. The smallest absolute Gasteiger partial charge is 0.352 e. The second-order valence-corrected chi connectivity index (χ2v) is 11.7. The van der Waals surface area contributed by atoms with Crippen LogP contribution in [0.3, 0.4) is 0 Å². The number of rotatable bonds is 9. The van der Waals surface area contributed by atoms with Crippen LogP contribution in [0.1, 0.15) is 12.0 Å². The van der Waals surface area contributed by atoms with Gasteiger partial charge in [-0.05, 0) is 35.8 Å². The number of nitrogens with one attached hydrogen (secondary N) is 2. The summed E-state index contributed by atoms with van der Waals surface area (Å²) in [6, 6.07) is 6.29. The van der Waals surface area contributed by atoms with E-state index in [0.717, 1.165) is 17.7 Å². The van der Waals surface area contributed by atoms with Crippen molar-refractivity contribution in [2.75, 3.05) is 22.9 Å². The van der Waals surface area contributed by atoms with Gasteiger partial charge >= 0.3 is 5.97 Å². The highest BCUT2D eigenvalue weighted by Crippen LogP contribution is 2.41. The van der Waals surface area contributed by atoms with E-state index in [0.29, 0.717) is 30.7 Å². The second-order valence-electron chi connectivity index (χ2n) is 10.0. The molecule has 0 radical (unpaired) electrons. The molecule has 3 aliphatic rings. The molecule has 2 saturated heterocycles. The normalized spacial score (nSPS) is 20.7. The zero-order valence-corrected chi connectivity index (χ0v) is 24.9. The minimum absolute atomic E-state index is 0.0250. The Balaban J connectivity index is 1.21. The van der Waals surface area contributed by atoms with E-state index in [9.17, 15) is 38.6 Å². The number of carbonyl (C=O) groups excluding carboxylic acids is 4. The number of anilines is 1.